The summed E-state index contributed by atoms with van der Waals surface area (Å²) in [7, 11) is 2.53. The van der Waals surface area contributed by atoms with E-state index in [0.29, 0.717) is 40.7 Å². The van der Waals surface area contributed by atoms with E-state index in [2.05, 4.69) is 31.1 Å². The van der Waals surface area contributed by atoms with Gasteiger partial charge in [0.15, 0.2) is 18.1 Å². The van der Waals surface area contributed by atoms with Crippen molar-refractivity contribution in [1.82, 2.24) is 15.5 Å². The number of carbonyl (C=O) groups is 2. The highest BCUT2D eigenvalue weighted by Crippen LogP contribution is 2.35. The summed E-state index contributed by atoms with van der Waals surface area (Å²) in [5.41, 5.74) is 10.1. The average Bonchev–Trinajstić information content (AvgIpc) is 3.36. The zero-order valence-electron chi connectivity index (χ0n) is 19.2. The molecule has 1 aliphatic rings. The molecule has 2 aromatic carbocycles. The minimum absolute atomic E-state index is 0.239. The molecule has 0 unspecified atom stereocenters. The second-order valence-electron chi connectivity index (χ2n) is 7.26. The largest absolute Gasteiger partial charge is 0.493 e. The van der Waals surface area contributed by atoms with Crippen LogP contribution in [0, 0.1) is 0 Å². The van der Waals surface area contributed by atoms with Gasteiger partial charge >= 0.3 is 11.9 Å². The van der Waals surface area contributed by atoms with Gasteiger partial charge in [-0.2, -0.15) is 0 Å². The van der Waals surface area contributed by atoms with Gasteiger partial charge in [-0.15, -0.1) is 5.53 Å². The molecule has 3 aromatic rings. The Morgan fingerprint density at radius 3 is 2.54 bits per heavy atom. The molecule has 0 aliphatic carbocycles. The first-order valence-corrected chi connectivity index (χ1v) is 10.6. The number of aromatic amines is 1. The average molecular weight is 481 g/mol. The molecule has 12 heteroatoms. The number of hydrogen-bond acceptors (Lipinski definition) is 11. The highest BCUT2D eigenvalue weighted by atomic mass is 16.6. The number of H-pyrrole nitrogens is 1. The minimum Gasteiger partial charge on any atom is -0.493 e. The van der Waals surface area contributed by atoms with E-state index in [-0.39, 0.29) is 29.2 Å². The van der Waals surface area contributed by atoms with Crippen LogP contribution in [0.1, 0.15) is 17.3 Å². The molecule has 1 aromatic heterocycles. The van der Waals surface area contributed by atoms with E-state index >= 15 is 0 Å². The smallest absolute Gasteiger partial charge is 0.343 e. The molecular formula is C23H23N5O7. The standard InChI is InChI=1S/C23H23N5O7/c1-4-34-17-10-12(5-6-16(17)20-24-21-19(22(30)25-20)26-28-27-21)13-7-14(23(31)33-3)9-15(8-13)35-11-18(29)32-2/h5-10,26,28H,4,11H2,1-3H3,(H2,24,25,27,30). The summed E-state index contributed by atoms with van der Waals surface area (Å²) in [6.07, 6.45) is 0. The topological polar surface area (TPSA) is 153 Å². The van der Waals surface area contributed by atoms with Crippen molar-refractivity contribution in [3.63, 3.8) is 0 Å². The molecule has 0 amide bonds. The maximum atomic E-state index is 12.4. The van der Waals surface area contributed by atoms with Gasteiger partial charge in [0.1, 0.15) is 17.3 Å². The summed E-state index contributed by atoms with van der Waals surface area (Å²) in [5.74, 6) is 0.291. The number of carbonyl (C=O) groups excluding carboxylic acids is 2. The van der Waals surface area contributed by atoms with Crippen LogP contribution in [0.15, 0.2) is 41.2 Å². The van der Waals surface area contributed by atoms with Gasteiger partial charge in [0.05, 0.1) is 32.0 Å². The fourth-order valence-corrected chi connectivity index (χ4v) is 3.42. The third-order valence-corrected chi connectivity index (χ3v) is 5.07. The molecule has 4 N–H and O–H groups in total. The van der Waals surface area contributed by atoms with Crippen molar-refractivity contribution < 1.29 is 28.5 Å². The number of anilines is 2. The lowest BCUT2D eigenvalue weighted by molar-refractivity contribution is -0.142. The molecule has 0 fully saturated rings. The number of ether oxygens (including phenoxy) is 4. The predicted molar refractivity (Wildman–Crippen MR) is 126 cm³/mol. The van der Waals surface area contributed by atoms with Gasteiger partial charge < -0.3 is 23.9 Å². The number of esters is 2. The lowest BCUT2D eigenvalue weighted by Gasteiger charge is -2.14. The van der Waals surface area contributed by atoms with Crippen LogP contribution in [-0.2, 0) is 14.3 Å². The number of nitrogens with zero attached hydrogens (tertiary/aromatic N) is 1. The quantitative estimate of drug-likeness (QED) is 0.350. The molecular weight excluding hydrogens is 458 g/mol. The number of hydrogen-bond donors (Lipinski definition) is 4. The summed E-state index contributed by atoms with van der Waals surface area (Å²) >= 11 is 0. The lowest BCUT2D eigenvalue weighted by atomic mass is 10.00. The Labute approximate surface area is 199 Å². The third kappa shape index (κ3) is 5.01. The van der Waals surface area contributed by atoms with Crippen molar-refractivity contribution in [2.24, 2.45) is 0 Å². The van der Waals surface area contributed by atoms with Crippen molar-refractivity contribution in [2.75, 3.05) is 38.3 Å². The number of benzene rings is 2. The van der Waals surface area contributed by atoms with Gasteiger partial charge in [-0.1, -0.05) is 6.07 Å². The molecule has 0 radical (unpaired) electrons. The van der Waals surface area contributed by atoms with Crippen LogP contribution in [0.5, 0.6) is 11.5 Å². The summed E-state index contributed by atoms with van der Waals surface area (Å²) < 4.78 is 20.8. The molecule has 0 saturated heterocycles. The SMILES string of the molecule is CCOc1cc(-c2cc(OCC(=O)OC)cc(C(=O)OC)c2)ccc1-c1nc2c(c(=O)[nH]1)NNN2. The normalized spacial score (nSPS) is 11.6. The first-order chi connectivity index (χ1) is 16.9. The summed E-state index contributed by atoms with van der Waals surface area (Å²) in [6.45, 7) is 1.88. The fourth-order valence-electron chi connectivity index (χ4n) is 3.42. The van der Waals surface area contributed by atoms with Crippen molar-refractivity contribution in [3.05, 3.63) is 52.3 Å². The van der Waals surface area contributed by atoms with E-state index in [1.54, 1.807) is 30.3 Å². The van der Waals surface area contributed by atoms with E-state index < -0.39 is 11.9 Å². The van der Waals surface area contributed by atoms with Crippen LogP contribution in [0.4, 0.5) is 11.5 Å². The molecule has 1 aliphatic heterocycles. The maximum Gasteiger partial charge on any atom is 0.343 e. The van der Waals surface area contributed by atoms with Crippen LogP contribution in [0.3, 0.4) is 0 Å². The Morgan fingerprint density at radius 1 is 0.971 bits per heavy atom. The molecule has 0 bridgehead atoms. The first kappa shape index (κ1) is 23.6. The van der Waals surface area contributed by atoms with Gasteiger partial charge in [-0.05, 0) is 48.4 Å². The Balaban J connectivity index is 1.76. The van der Waals surface area contributed by atoms with Crippen LogP contribution in [0.25, 0.3) is 22.5 Å². The number of methoxy groups -OCH3 is 2. The van der Waals surface area contributed by atoms with Crippen molar-refractivity contribution in [1.29, 1.82) is 0 Å². The van der Waals surface area contributed by atoms with Gasteiger partial charge in [0.25, 0.3) is 5.56 Å². The Bertz CT molecular complexity index is 1340. The van der Waals surface area contributed by atoms with Crippen molar-refractivity contribution >= 4 is 23.4 Å². The molecule has 12 nitrogen and oxygen atoms in total. The monoisotopic (exact) mass is 481 g/mol. The van der Waals surface area contributed by atoms with E-state index in [9.17, 15) is 14.4 Å². The van der Waals surface area contributed by atoms with Crippen molar-refractivity contribution in [3.8, 4) is 34.0 Å². The maximum absolute atomic E-state index is 12.4. The number of aromatic nitrogens is 2. The third-order valence-electron chi connectivity index (χ3n) is 5.07. The number of rotatable bonds is 8. The minimum atomic E-state index is -0.564. The molecule has 0 atom stereocenters. The lowest BCUT2D eigenvalue weighted by Crippen LogP contribution is -2.21. The van der Waals surface area contributed by atoms with E-state index in [0.717, 1.165) is 0 Å². The number of nitrogens with one attached hydrogen (secondary N) is 4. The van der Waals surface area contributed by atoms with Crippen LogP contribution in [0.2, 0.25) is 0 Å². The first-order valence-electron chi connectivity index (χ1n) is 10.6. The molecule has 0 spiro atoms. The molecule has 182 valence electrons. The Hall–Kier alpha value is -4.58. The van der Waals surface area contributed by atoms with Gasteiger partial charge in [-0.3, -0.25) is 15.6 Å². The van der Waals surface area contributed by atoms with Gasteiger partial charge in [0.2, 0.25) is 0 Å². The second-order valence-corrected chi connectivity index (χ2v) is 7.26. The van der Waals surface area contributed by atoms with E-state index in [1.807, 2.05) is 6.92 Å². The molecule has 2 heterocycles. The zero-order valence-corrected chi connectivity index (χ0v) is 19.2. The molecule has 35 heavy (non-hydrogen) atoms. The summed E-state index contributed by atoms with van der Waals surface area (Å²) in [6, 6.07) is 10.1. The summed E-state index contributed by atoms with van der Waals surface area (Å²) in [4.78, 5) is 43.3. The van der Waals surface area contributed by atoms with Crippen LogP contribution >= 0.6 is 0 Å². The number of hydrazine groups is 2. The highest BCUT2D eigenvalue weighted by Gasteiger charge is 2.20. The molecule has 4 rings (SSSR count). The van der Waals surface area contributed by atoms with Gasteiger partial charge in [-0.25, -0.2) is 14.6 Å². The van der Waals surface area contributed by atoms with Crippen LogP contribution < -0.4 is 31.4 Å². The fraction of sp³-hybridized carbons (Fsp3) is 0.217. The second kappa shape index (κ2) is 10.1. The van der Waals surface area contributed by atoms with E-state index in [4.69, 9.17) is 14.2 Å². The van der Waals surface area contributed by atoms with Gasteiger partial charge in [0, 0.05) is 0 Å². The van der Waals surface area contributed by atoms with E-state index in [1.165, 1.54) is 20.3 Å². The highest BCUT2D eigenvalue weighted by molar-refractivity contribution is 5.92. The van der Waals surface area contributed by atoms with Crippen molar-refractivity contribution in [2.45, 2.75) is 6.92 Å². The molecule has 0 saturated carbocycles. The Morgan fingerprint density at radius 2 is 1.80 bits per heavy atom. The zero-order chi connectivity index (χ0) is 24.9. The number of fused-ring (bicyclic) bond motifs is 1. The van der Waals surface area contributed by atoms with Crippen LogP contribution in [-0.4, -0.2) is 49.3 Å². The predicted octanol–water partition coefficient (Wildman–Crippen LogP) is 2.10. The Kier molecular flexibility index (Phi) is 6.83. The summed E-state index contributed by atoms with van der Waals surface area (Å²) in [5, 5.41) is 0.